The van der Waals surface area contributed by atoms with Gasteiger partial charge in [0, 0.05) is 18.1 Å². The van der Waals surface area contributed by atoms with E-state index in [0.29, 0.717) is 0 Å². The molecule has 0 aromatic rings. The van der Waals surface area contributed by atoms with Crippen molar-refractivity contribution in [3.8, 4) is 0 Å². The highest BCUT2D eigenvalue weighted by Gasteiger charge is 2.37. The summed E-state index contributed by atoms with van der Waals surface area (Å²) in [5.41, 5.74) is 0.0823. The number of carbonyl (C=O) groups excluding carboxylic acids is 1. The summed E-state index contributed by atoms with van der Waals surface area (Å²) in [5, 5.41) is 2.96. The predicted octanol–water partition coefficient (Wildman–Crippen LogP) is 2.37. The Labute approximate surface area is 86.9 Å². The highest BCUT2D eigenvalue weighted by Crippen LogP contribution is 2.31. The second-order valence-corrected chi connectivity index (χ2v) is 4.71. The lowest BCUT2D eigenvalue weighted by Crippen LogP contribution is -2.50. The summed E-state index contributed by atoms with van der Waals surface area (Å²) in [7, 11) is 0. The molecule has 1 rings (SSSR count). The van der Waals surface area contributed by atoms with Crippen molar-refractivity contribution in [1.29, 1.82) is 0 Å². The molecule has 0 unspecified atom stereocenters. The minimum atomic E-state index is 0.0823. The largest absolute Gasteiger partial charge is 0.336 e. The first kappa shape index (κ1) is 11.3. The highest BCUT2D eigenvalue weighted by atomic mass is 16.2. The van der Waals surface area contributed by atoms with E-state index in [-0.39, 0.29) is 17.6 Å². The molecule has 1 atom stereocenters. The Morgan fingerprint density at radius 3 is 2.71 bits per heavy atom. The number of likely N-dealkylation sites (tertiary alicyclic amines) is 1. The summed E-state index contributed by atoms with van der Waals surface area (Å²) in [5.74, 6) is 0. The summed E-state index contributed by atoms with van der Waals surface area (Å²) in [4.78, 5) is 13.8. The Hall–Kier alpha value is -0.730. The van der Waals surface area contributed by atoms with E-state index in [0.717, 1.165) is 25.8 Å². The van der Waals surface area contributed by atoms with Crippen LogP contribution < -0.4 is 5.32 Å². The first-order valence-electron chi connectivity index (χ1n) is 5.58. The second-order valence-electron chi connectivity index (χ2n) is 4.71. The minimum Gasteiger partial charge on any atom is -0.336 e. The molecule has 0 saturated carbocycles. The van der Waals surface area contributed by atoms with Gasteiger partial charge in [0.25, 0.3) is 0 Å². The lowest BCUT2D eigenvalue weighted by Gasteiger charge is -2.35. The predicted molar refractivity (Wildman–Crippen MR) is 58.3 cm³/mol. The third kappa shape index (κ3) is 2.20. The van der Waals surface area contributed by atoms with Crippen molar-refractivity contribution in [1.82, 2.24) is 10.2 Å². The quantitative estimate of drug-likeness (QED) is 0.726. The van der Waals surface area contributed by atoms with E-state index in [1.807, 2.05) is 18.7 Å². The van der Waals surface area contributed by atoms with Gasteiger partial charge in [0.2, 0.25) is 0 Å². The van der Waals surface area contributed by atoms with Crippen molar-refractivity contribution in [2.75, 3.05) is 6.54 Å². The van der Waals surface area contributed by atoms with Gasteiger partial charge < -0.3 is 10.2 Å². The van der Waals surface area contributed by atoms with E-state index in [2.05, 4.69) is 19.2 Å². The number of urea groups is 1. The molecule has 1 fully saturated rings. The van der Waals surface area contributed by atoms with Gasteiger partial charge in [-0.3, -0.25) is 0 Å². The molecule has 2 amide bonds. The molecule has 0 spiro atoms. The van der Waals surface area contributed by atoms with Crippen LogP contribution in [0.3, 0.4) is 0 Å². The number of hydrogen-bond acceptors (Lipinski definition) is 1. The van der Waals surface area contributed by atoms with Crippen LogP contribution in [-0.2, 0) is 0 Å². The van der Waals surface area contributed by atoms with Gasteiger partial charge in [-0.15, -0.1) is 0 Å². The van der Waals surface area contributed by atoms with Gasteiger partial charge in [-0.2, -0.15) is 0 Å². The number of amides is 2. The molecule has 1 heterocycles. The molecule has 0 aromatic carbocycles. The van der Waals surface area contributed by atoms with E-state index in [9.17, 15) is 4.79 Å². The lowest BCUT2D eigenvalue weighted by molar-refractivity contribution is 0.151. The second kappa shape index (κ2) is 4.20. The third-order valence-corrected chi connectivity index (χ3v) is 3.17. The molecule has 82 valence electrons. The van der Waals surface area contributed by atoms with Crippen LogP contribution in [0.15, 0.2) is 0 Å². The molecule has 0 aliphatic carbocycles. The first-order valence-corrected chi connectivity index (χ1v) is 5.58. The fourth-order valence-electron chi connectivity index (χ4n) is 2.06. The maximum Gasteiger partial charge on any atom is 0.318 e. The van der Waals surface area contributed by atoms with Crippen LogP contribution in [0, 0.1) is 0 Å². The Bertz CT molecular complexity index is 215. The Morgan fingerprint density at radius 2 is 2.21 bits per heavy atom. The Kier molecular flexibility index (Phi) is 3.40. The molecule has 0 radical (unpaired) electrons. The zero-order valence-corrected chi connectivity index (χ0v) is 9.76. The SMILES string of the molecule is CC[C@]1(C)CCCN1C(=O)NC(C)C. The van der Waals surface area contributed by atoms with Crippen molar-refractivity contribution < 1.29 is 4.79 Å². The number of hydrogen-bond donors (Lipinski definition) is 1. The van der Waals surface area contributed by atoms with Crippen LogP contribution in [0.4, 0.5) is 4.79 Å². The summed E-state index contributed by atoms with van der Waals surface area (Å²) >= 11 is 0. The fourth-order valence-corrected chi connectivity index (χ4v) is 2.06. The summed E-state index contributed by atoms with van der Waals surface area (Å²) in [6.07, 6.45) is 3.31. The van der Waals surface area contributed by atoms with Crippen LogP contribution in [0.2, 0.25) is 0 Å². The molecule has 3 heteroatoms. The van der Waals surface area contributed by atoms with E-state index in [1.165, 1.54) is 0 Å². The number of carbonyl (C=O) groups is 1. The van der Waals surface area contributed by atoms with Crippen LogP contribution in [0.25, 0.3) is 0 Å². The molecule has 0 bridgehead atoms. The minimum absolute atomic E-state index is 0.0823. The molecule has 14 heavy (non-hydrogen) atoms. The van der Waals surface area contributed by atoms with Crippen LogP contribution >= 0.6 is 0 Å². The average molecular weight is 198 g/mol. The normalized spacial score (nSPS) is 27.1. The lowest BCUT2D eigenvalue weighted by atomic mass is 9.96. The zero-order valence-electron chi connectivity index (χ0n) is 9.76. The highest BCUT2D eigenvalue weighted by molar-refractivity contribution is 5.75. The molecule has 1 saturated heterocycles. The molecule has 1 aliphatic rings. The van der Waals surface area contributed by atoms with Crippen molar-refractivity contribution in [3.63, 3.8) is 0 Å². The van der Waals surface area contributed by atoms with Crippen molar-refractivity contribution >= 4 is 6.03 Å². The van der Waals surface area contributed by atoms with E-state index >= 15 is 0 Å². The maximum atomic E-state index is 11.8. The molecular weight excluding hydrogens is 176 g/mol. The van der Waals surface area contributed by atoms with Crippen molar-refractivity contribution in [3.05, 3.63) is 0 Å². The van der Waals surface area contributed by atoms with Gasteiger partial charge in [0.05, 0.1) is 0 Å². The summed E-state index contributed by atoms with van der Waals surface area (Å²) < 4.78 is 0. The van der Waals surface area contributed by atoms with Crippen LogP contribution in [-0.4, -0.2) is 29.1 Å². The standard InChI is InChI=1S/C11H22N2O/c1-5-11(4)7-6-8-13(11)10(14)12-9(2)3/h9H,5-8H2,1-4H3,(H,12,14)/t11-/m1/s1. The Balaban J connectivity index is 2.62. The van der Waals surface area contributed by atoms with Crippen LogP contribution in [0.1, 0.15) is 47.0 Å². The zero-order chi connectivity index (χ0) is 10.8. The van der Waals surface area contributed by atoms with Crippen molar-refractivity contribution in [2.24, 2.45) is 0 Å². The summed E-state index contributed by atoms with van der Waals surface area (Å²) in [6, 6.07) is 0.325. The van der Waals surface area contributed by atoms with E-state index in [4.69, 9.17) is 0 Å². The van der Waals surface area contributed by atoms with Gasteiger partial charge in [-0.05, 0) is 40.0 Å². The summed E-state index contributed by atoms with van der Waals surface area (Å²) in [6.45, 7) is 9.23. The van der Waals surface area contributed by atoms with Crippen LogP contribution in [0.5, 0.6) is 0 Å². The van der Waals surface area contributed by atoms with Crippen molar-refractivity contribution in [2.45, 2.75) is 58.5 Å². The van der Waals surface area contributed by atoms with Gasteiger partial charge in [-0.25, -0.2) is 4.79 Å². The number of nitrogens with one attached hydrogen (secondary N) is 1. The number of nitrogens with zero attached hydrogens (tertiary/aromatic N) is 1. The van der Waals surface area contributed by atoms with Gasteiger partial charge in [0.1, 0.15) is 0 Å². The van der Waals surface area contributed by atoms with E-state index < -0.39 is 0 Å². The smallest absolute Gasteiger partial charge is 0.318 e. The van der Waals surface area contributed by atoms with Gasteiger partial charge >= 0.3 is 6.03 Å². The average Bonchev–Trinajstić information content (AvgIpc) is 2.47. The molecule has 3 nitrogen and oxygen atoms in total. The molecule has 1 aliphatic heterocycles. The van der Waals surface area contributed by atoms with E-state index in [1.54, 1.807) is 0 Å². The topological polar surface area (TPSA) is 32.3 Å². The molecular formula is C11H22N2O. The molecule has 1 N–H and O–H groups in total. The number of rotatable bonds is 2. The van der Waals surface area contributed by atoms with Gasteiger partial charge in [0.15, 0.2) is 0 Å². The van der Waals surface area contributed by atoms with Gasteiger partial charge in [-0.1, -0.05) is 6.92 Å². The first-order chi connectivity index (χ1) is 6.49. The Morgan fingerprint density at radius 1 is 1.57 bits per heavy atom. The fraction of sp³-hybridized carbons (Fsp3) is 0.909. The third-order valence-electron chi connectivity index (χ3n) is 3.17. The monoisotopic (exact) mass is 198 g/mol. The maximum absolute atomic E-state index is 11.8. The molecule has 0 aromatic heterocycles.